The van der Waals surface area contributed by atoms with E-state index in [0.717, 1.165) is 16.5 Å². The van der Waals surface area contributed by atoms with Gasteiger partial charge in [-0.1, -0.05) is 18.2 Å². The highest BCUT2D eigenvalue weighted by Gasteiger charge is 2.17. The number of nitrogens with one attached hydrogen (secondary N) is 1. The molecule has 6 heteroatoms. The molecule has 2 aromatic carbocycles. The minimum absolute atomic E-state index is 0.230. The molecule has 0 unspecified atom stereocenters. The lowest BCUT2D eigenvalue weighted by Crippen LogP contribution is -2.12. The molecule has 26 heavy (non-hydrogen) atoms. The van der Waals surface area contributed by atoms with Gasteiger partial charge < -0.3 is 5.32 Å². The Labute approximate surface area is 153 Å². The van der Waals surface area contributed by atoms with Gasteiger partial charge in [-0.3, -0.25) is 9.78 Å². The van der Waals surface area contributed by atoms with E-state index >= 15 is 0 Å². The monoisotopic (exact) mass is 363 g/mol. The van der Waals surface area contributed by atoms with Crippen LogP contribution in [0, 0.1) is 12.7 Å². The van der Waals surface area contributed by atoms with Crippen molar-refractivity contribution in [2.75, 3.05) is 5.32 Å². The maximum absolute atomic E-state index is 13.1. The Morgan fingerprint density at radius 2 is 1.85 bits per heavy atom. The molecule has 0 aliphatic heterocycles. The third kappa shape index (κ3) is 3.07. The molecule has 0 aliphatic carbocycles. The van der Waals surface area contributed by atoms with Gasteiger partial charge in [0, 0.05) is 17.1 Å². The normalized spacial score (nSPS) is 10.8. The molecule has 0 saturated heterocycles. The molecule has 0 fully saturated rings. The zero-order valence-electron chi connectivity index (χ0n) is 13.9. The van der Waals surface area contributed by atoms with Gasteiger partial charge in [-0.15, -0.1) is 11.3 Å². The molecule has 0 atom stereocenters. The molecule has 0 saturated carbocycles. The van der Waals surface area contributed by atoms with Crippen LogP contribution in [0.5, 0.6) is 0 Å². The number of carbonyl (C=O) groups is 1. The zero-order chi connectivity index (χ0) is 18.1. The summed E-state index contributed by atoms with van der Waals surface area (Å²) in [5.41, 5.74) is 2.82. The second-order valence-electron chi connectivity index (χ2n) is 5.78. The number of anilines is 1. The van der Waals surface area contributed by atoms with E-state index in [0.29, 0.717) is 21.3 Å². The first-order chi connectivity index (χ1) is 12.6. The van der Waals surface area contributed by atoms with Crippen molar-refractivity contribution in [2.45, 2.75) is 6.92 Å². The number of para-hydroxylation sites is 1. The van der Waals surface area contributed by atoms with E-state index in [1.54, 1.807) is 25.3 Å². The first kappa shape index (κ1) is 16.4. The summed E-state index contributed by atoms with van der Waals surface area (Å²) in [7, 11) is 0. The second-order valence-corrected chi connectivity index (χ2v) is 6.77. The van der Waals surface area contributed by atoms with Crippen LogP contribution in [0.3, 0.4) is 0 Å². The fourth-order valence-electron chi connectivity index (χ4n) is 2.71. The van der Waals surface area contributed by atoms with Crippen LogP contribution in [0.1, 0.15) is 15.4 Å². The molecule has 4 aromatic rings. The molecule has 1 N–H and O–H groups in total. The average Bonchev–Trinajstić information content (AvgIpc) is 3.04. The molecule has 0 spiro atoms. The summed E-state index contributed by atoms with van der Waals surface area (Å²) < 4.78 is 13.1. The number of rotatable bonds is 3. The van der Waals surface area contributed by atoms with Crippen LogP contribution in [0.2, 0.25) is 0 Å². The van der Waals surface area contributed by atoms with Gasteiger partial charge in [0.15, 0.2) is 0 Å². The average molecular weight is 363 g/mol. The number of fused-ring (bicyclic) bond motifs is 1. The zero-order valence-corrected chi connectivity index (χ0v) is 14.7. The van der Waals surface area contributed by atoms with Crippen LogP contribution >= 0.6 is 11.3 Å². The van der Waals surface area contributed by atoms with Crippen molar-refractivity contribution in [3.8, 4) is 10.6 Å². The van der Waals surface area contributed by atoms with Gasteiger partial charge in [0.05, 0.1) is 16.9 Å². The number of carbonyl (C=O) groups excluding carboxylic acids is 1. The van der Waals surface area contributed by atoms with Crippen LogP contribution in [-0.2, 0) is 0 Å². The summed E-state index contributed by atoms with van der Waals surface area (Å²) in [5.74, 6) is -0.532. The number of hydrogen-bond donors (Lipinski definition) is 1. The molecule has 1 amide bonds. The van der Waals surface area contributed by atoms with Crippen LogP contribution in [0.15, 0.2) is 60.8 Å². The van der Waals surface area contributed by atoms with E-state index in [1.165, 1.54) is 23.5 Å². The fraction of sp³-hybridized carbons (Fsp3) is 0.0500. The number of benzene rings is 2. The van der Waals surface area contributed by atoms with Crippen molar-refractivity contribution >= 4 is 33.8 Å². The van der Waals surface area contributed by atoms with Crippen LogP contribution in [0.4, 0.5) is 10.1 Å². The molecular formula is C20H14FN3OS. The first-order valence-corrected chi connectivity index (χ1v) is 8.82. The summed E-state index contributed by atoms with van der Waals surface area (Å²) in [5, 5.41) is 4.57. The lowest BCUT2D eigenvalue weighted by molar-refractivity contribution is 0.103. The van der Waals surface area contributed by atoms with Crippen molar-refractivity contribution in [3.63, 3.8) is 0 Å². The summed E-state index contributed by atoms with van der Waals surface area (Å²) >= 11 is 1.29. The topological polar surface area (TPSA) is 54.9 Å². The lowest BCUT2D eigenvalue weighted by Gasteiger charge is -2.07. The molecule has 0 bridgehead atoms. The minimum Gasteiger partial charge on any atom is -0.319 e. The number of hydrogen-bond acceptors (Lipinski definition) is 4. The lowest BCUT2D eigenvalue weighted by atomic mass is 10.2. The molecule has 128 valence electrons. The van der Waals surface area contributed by atoms with Crippen molar-refractivity contribution in [1.29, 1.82) is 0 Å². The van der Waals surface area contributed by atoms with E-state index in [4.69, 9.17) is 0 Å². The highest BCUT2D eigenvalue weighted by molar-refractivity contribution is 7.17. The van der Waals surface area contributed by atoms with Gasteiger partial charge >= 0.3 is 0 Å². The van der Waals surface area contributed by atoms with Crippen LogP contribution < -0.4 is 5.32 Å². The van der Waals surface area contributed by atoms with Gasteiger partial charge in [-0.2, -0.15) is 0 Å². The molecule has 2 heterocycles. The van der Waals surface area contributed by atoms with E-state index in [2.05, 4.69) is 15.3 Å². The molecule has 0 radical (unpaired) electrons. The standard InChI is InChI=1S/C20H14FN3OS/c1-12-18(26-20(23-12)14-7-9-15(21)10-8-14)19(25)24-16-6-2-4-13-5-3-11-22-17(13)16/h2-11H,1H3,(H,24,25). The number of thiazole rings is 1. The summed E-state index contributed by atoms with van der Waals surface area (Å²) in [6.45, 7) is 1.79. The van der Waals surface area contributed by atoms with E-state index in [-0.39, 0.29) is 11.7 Å². The van der Waals surface area contributed by atoms with Crippen LogP contribution in [-0.4, -0.2) is 15.9 Å². The summed E-state index contributed by atoms with van der Waals surface area (Å²) in [6.07, 6.45) is 1.70. The van der Waals surface area contributed by atoms with Gasteiger partial charge in [0.2, 0.25) is 0 Å². The predicted molar refractivity (Wildman–Crippen MR) is 102 cm³/mol. The molecular weight excluding hydrogens is 349 g/mol. The molecule has 4 nitrogen and oxygen atoms in total. The Balaban J connectivity index is 1.65. The van der Waals surface area contributed by atoms with E-state index < -0.39 is 0 Å². The van der Waals surface area contributed by atoms with Gasteiger partial charge in [-0.25, -0.2) is 9.37 Å². The third-order valence-electron chi connectivity index (χ3n) is 3.97. The molecule has 0 aliphatic rings. The Bertz CT molecular complexity index is 1100. The maximum atomic E-state index is 13.1. The Kier molecular flexibility index (Phi) is 4.18. The molecule has 2 aromatic heterocycles. The molecule has 4 rings (SSSR count). The first-order valence-electron chi connectivity index (χ1n) is 8.00. The van der Waals surface area contributed by atoms with Crippen LogP contribution in [0.25, 0.3) is 21.5 Å². The Morgan fingerprint density at radius 1 is 1.08 bits per heavy atom. The highest BCUT2D eigenvalue weighted by atomic mass is 32.1. The number of aromatic nitrogens is 2. The third-order valence-corrected chi connectivity index (χ3v) is 5.18. The number of pyridine rings is 1. The fourth-order valence-corrected chi connectivity index (χ4v) is 3.67. The smallest absolute Gasteiger partial charge is 0.267 e. The van der Waals surface area contributed by atoms with E-state index in [9.17, 15) is 9.18 Å². The van der Waals surface area contributed by atoms with Gasteiger partial charge in [0.25, 0.3) is 5.91 Å². The number of amides is 1. The van der Waals surface area contributed by atoms with Crippen molar-refractivity contribution in [1.82, 2.24) is 9.97 Å². The highest BCUT2D eigenvalue weighted by Crippen LogP contribution is 2.29. The van der Waals surface area contributed by atoms with E-state index in [1.807, 2.05) is 30.3 Å². The number of halogens is 1. The number of aryl methyl sites for hydroxylation is 1. The summed E-state index contributed by atoms with van der Waals surface area (Å²) in [4.78, 5) is 22.1. The van der Waals surface area contributed by atoms with Gasteiger partial charge in [-0.05, 0) is 43.3 Å². The second kappa shape index (κ2) is 6.65. The maximum Gasteiger partial charge on any atom is 0.267 e. The van der Waals surface area contributed by atoms with Crippen molar-refractivity contribution in [2.24, 2.45) is 0 Å². The number of nitrogens with zero attached hydrogens (tertiary/aromatic N) is 2. The predicted octanol–water partition coefficient (Wildman–Crippen LogP) is 5.06. The largest absolute Gasteiger partial charge is 0.319 e. The Morgan fingerprint density at radius 3 is 2.65 bits per heavy atom. The Hall–Kier alpha value is -3.12. The quantitative estimate of drug-likeness (QED) is 0.554. The SMILES string of the molecule is Cc1nc(-c2ccc(F)cc2)sc1C(=O)Nc1cccc2cccnc12. The van der Waals surface area contributed by atoms with Gasteiger partial charge in [0.1, 0.15) is 15.7 Å². The minimum atomic E-state index is -0.302. The van der Waals surface area contributed by atoms with Crippen molar-refractivity contribution in [3.05, 3.63) is 77.2 Å². The summed E-state index contributed by atoms with van der Waals surface area (Å²) in [6, 6.07) is 15.5. The van der Waals surface area contributed by atoms with Crippen molar-refractivity contribution < 1.29 is 9.18 Å².